The molecule has 0 unspecified atom stereocenters. The van der Waals surface area contributed by atoms with Crippen LogP contribution in [-0.2, 0) is 0 Å². The zero-order chi connectivity index (χ0) is 13.8. The Balaban J connectivity index is 0. The second kappa shape index (κ2) is 8.73. The number of benzene rings is 1. The van der Waals surface area contributed by atoms with Gasteiger partial charge in [-0.2, -0.15) is 0 Å². The predicted molar refractivity (Wildman–Crippen MR) is 90.5 cm³/mol. The SMILES string of the molecule is C.C.C=C(C)C1(C(=C)CC)CC1.Cc1ccc(F)cc1. The van der Waals surface area contributed by atoms with Gasteiger partial charge >= 0.3 is 0 Å². The van der Waals surface area contributed by atoms with Crippen molar-refractivity contribution in [2.75, 3.05) is 0 Å². The van der Waals surface area contributed by atoms with Crippen molar-refractivity contribution in [3.63, 3.8) is 0 Å². The van der Waals surface area contributed by atoms with Gasteiger partial charge < -0.3 is 0 Å². The Morgan fingerprint density at radius 1 is 1.15 bits per heavy atom. The monoisotopic (exact) mass is 278 g/mol. The van der Waals surface area contributed by atoms with Gasteiger partial charge in [0.2, 0.25) is 0 Å². The van der Waals surface area contributed by atoms with Gasteiger partial charge in [-0.15, -0.1) is 0 Å². The van der Waals surface area contributed by atoms with Gasteiger partial charge in [0.15, 0.2) is 0 Å². The molecule has 0 amide bonds. The van der Waals surface area contributed by atoms with Crippen molar-refractivity contribution in [3.05, 3.63) is 60.0 Å². The topological polar surface area (TPSA) is 0 Å². The summed E-state index contributed by atoms with van der Waals surface area (Å²) >= 11 is 0. The van der Waals surface area contributed by atoms with E-state index in [4.69, 9.17) is 0 Å². The fourth-order valence-corrected chi connectivity index (χ4v) is 2.08. The van der Waals surface area contributed by atoms with Crippen molar-refractivity contribution < 1.29 is 4.39 Å². The molecule has 1 aliphatic rings. The van der Waals surface area contributed by atoms with E-state index in [-0.39, 0.29) is 20.7 Å². The average molecular weight is 278 g/mol. The van der Waals surface area contributed by atoms with Crippen LogP contribution in [0.1, 0.15) is 53.5 Å². The van der Waals surface area contributed by atoms with Crippen molar-refractivity contribution in [2.45, 2.75) is 54.9 Å². The molecule has 1 saturated carbocycles. The zero-order valence-corrected chi connectivity index (χ0v) is 11.7. The maximum atomic E-state index is 12.1. The minimum Gasteiger partial charge on any atom is -0.207 e. The van der Waals surface area contributed by atoms with Crippen LogP contribution in [-0.4, -0.2) is 0 Å². The second-order valence-electron chi connectivity index (χ2n) is 5.12. The van der Waals surface area contributed by atoms with Crippen LogP contribution in [0, 0.1) is 18.2 Å². The molecule has 0 bridgehead atoms. The van der Waals surface area contributed by atoms with Gasteiger partial charge in [0.1, 0.15) is 5.82 Å². The maximum Gasteiger partial charge on any atom is 0.123 e. The number of rotatable bonds is 3. The molecule has 0 aliphatic heterocycles. The standard InChI is InChI=1S/C10H16.C7H7F.2CH4/c1-5-9(4)10(6-7-10)8(2)3;1-6-2-4-7(8)5-3-6;;/h2,4-7H2,1,3H3;2-5H,1H3;2*1H4. The summed E-state index contributed by atoms with van der Waals surface area (Å²) in [6.45, 7) is 14.3. The first-order valence-electron chi connectivity index (χ1n) is 6.49. The number of allylic oxidation sites excluding steroid dienone is 2. The summed E-state index contributed by atoms with van der Waals surface area (Å²) in [6.07, 6.45) is 3.68. The summed E-state index contributed by atoms with van der Waals surface area (Å²) in [5, 5.41) is 0. The smallest absolute Gasteiger partial charge is 0.123 e. The summed E-state index contributed by atoms with van der Waals surface area (Å²) < 4.78 is 12.1. The number of aryl methyl sites for hydroxylation is 1. The minimum atomic E-state index is -0.171. The Morgan fingerprint density at radius 3 is 1.80 bits per heavy atom. The Hall–Kier alpha value is -1.37. The first kappa shape index (κ1) is 20.9. The van der Waals surface area contributed by atoms with Crippen LogP contribution in [0.5, 0.6) is 0 Å². The van der Waals surface area contributed by atoms with Crippen LogP contribution in [0.4, 0.5) is 4.39 Å². The Labute approximate surface area is 125 Å². The third-order valence-corrected chi connectivity index (χ3v) is 3.68. The highest BCUT2D eigenvalue weighted by Crippen LogP contribution is 2.56. The lowest BCUT2D eigenvalue weighted by Gasteiger charge is -2.16. The molecule has 1 fully saturated rings. The molecular weight excluding hydrogens is 247 g/mol. The molecule has 0 saturated heterocycles. The highest BCUT2D eigenvalue weighted by molar-refractivity contribution is 5.31. The second-order valence-corrected chi connectivity index (χ2v) is 5.12. The van der Waals surface area contributed by atoms with E-state index in [1.54, 1.807) is 12.1 Å². The molecule has 0 spiro atoms. The summed E-state index contributed by atoms with van der Waals surface area (Å²) in [5.41, 5.74) is 4.14. The van der Waals surface area contributed by atoms with E-state index in [2.05, 4.69) is 27.0 Å². The lowest BCUT2D eigenvalue weighted by molar-refractivity contribution is 0.627. The number of halogens is 1. The molecule has 20 heavy (non-hydrogen) atoms. The molecule has 0 atom stereocenters. The van der Waals surface area contributed by atoms with Gasteiger partial charge in [-0.25, -0.2) is 4.39 Å². The van der Waals surface area contributed by atoms with Gasteiger partial charge in [-0.3, -0.25) is 0 Å². The first-order chi connectivity index (χ1) is 8.42. The van der Waals surface area contributed by atoms with Crippen LogP contribution < -0.4 is 0 Å². The van der Waals surface area contributed by atoms with E-state index < -0.39 is 0 Å². The van der Waals surface area contributed by atoms with Gasteiger partial charge in [-0.05, 0) is 45.2 Å². The summed E-state index contributed by atoms with van der Waals surface area (Å²) in [6, 6.07) is 6.40. The average Bonchev–Trinajstić information content (AvgIpc) is 3.14. The van der Waals surface area contributed by atoms with Crippen molar-refractivity contribution in [1.29, 1.82) is 0 Å². The first-order valence-corrected chi connectivity index (χ1v) is 6.49. The molecule has 114 valence electrons. The van der Waals surface area contributed by atoms with Gasteiger partial charge in [0.25, 0.3) is 0 Å². The van der Waals surface area contributed by atoms with Crippen molar-refractivity contribution in [2.24, 2.45) is 5.41 Å². The number of hydrogen-bond donors (Lipinski definition) is 0. The molecule has 1 heteroatoms. The Morgan fingerprint density at radius 2 is 1.60 bits per heavy atom. The predicted octanol–water partition coefficient (Wildman–Crippen LogP) is 6.72. The Bertz CT molecular complexity index is 401. The molecule has 1 aromatic carbocycles. The van der Waals surface area contributed by atoms with E-state index in [1.165, 1.54) is 36.1 Å². The fraction of sp³-hybridized carbons (Fsp3) is 0.474. The fourth-order valence-electron chi connectivity index (χ4n) is 2.08. The van der Waals surface area contributed by atoms with Crippen LogP contribution >= 0.6 is 0 Å². The largest absolute Gasteiger partial charge is 0.207 e. The van der Waals surface area contributed by atoms with Gasteiger partial charge in [0, 0.05) is 5.41 Å². The normalized spacial score (nSPS) is 13.8. The lowest BCUT2D eigenvalue weighted by atomic mass is 9.89. The van der Waals surface area contributed by atoms with E-state index in [0.717, 1.165) is 12.0 Å². The van der Waals surface area contributed by atoms with Crippen LogP contribution in [0.15, 0.2) is 48.6 Å². The molecule has 1 aromatic rings. The number of hydrogen-bond acceptors (Lipinski definition) is 0. The van der Waals surface area contributed by atoms with Crippen LogP contribution in [0.3, 0.4) is 0 Å². The summed E-state index contributed by atoms with van der Waals surface area (Å²) in [4.78, 5) is 0. The molecule has 0 radical (unpaired) electrons. The third-order valence-electron chi connectivity index (χ3n) is 3.68. The molecule has 0 heterocycles. The molecule has 2 rings (SSSR count). The third kappa shape index (κ3) is 5.32. The van der Waals surface area contributed by atoms with Crippen LogP contribution in [0.25, 0.3) is 0 Å². The minimum absolute atomic E-state index is 0. The summed E-state index contributed by atoms with van der Waals surface area (Å²) in [5.74, 6) is -0.171. The van der Waals surface area contributed by atoms with E-state index in [0.29, 0.717) is 5.41 Å². The zero-order valence-electron chi connectivity index (χ0n) is 11.7. The maximum absolute atomic E-state index is 12.1. The molecule has 0 aromatic heterocycles. The van der Waals surface area contributed by atoms with Crippen molar-refractivity contribution >= 4 is 0 Å². The van der Waals surface area contributed by atoms with E-state index in [9.17, 15) is 4.39 Å². The van der Waals surface area contributed by atoms with Crippen LogP contribution in [0.2, 0.25) is 0 Å². The molecule has 1 aliphatic carbocycles. The lowest BCUT2D eigenvalue weighted by Crippen LogP contribution is -2.03. The summed E-state index contributed by atoms with van der Waals surface area (Å²) in [7, 11) is 0. The highest BCUT2D eigenvalue weighted by Gasteiger charge is 2.44. The van der Waals surface area contributed by atoms with Crippen molar-refractivity contribution in [1.82, 2.24) is 0 Å². The van der Waals surface area contributed by atoms with Crippen molar-refractivity contribution in [3.8, 4) is 0 Å². The highest BCUT2D eigenvalue weighted by atomic mass is 19.1. The van der Waals surface area contributed by atoms with Gasteiger partial charge in [-0.1, -0.05) is 63.8 Å². The van der Waals surface area contributed by atoms with E-state index >= 15 is 0 Å². The quantitative estimate of drug-likeness (QED) is 0.539. The van der Waals surface area contributed by atoms with E-state index in [1.807, 2.05) is 6.92 Å². The Kier molecular flexibility index (Phi) is 9.14. The molecular formula is C19H31F. The van der Waals surface area contributed by atoms with Gasteiger partial charge in [0.05, 0.1) is 0 Å². The molecule has 0 N–H and O–H groups in total. The molecule has 0 nitrogen and oxygen atoms in total.